The van der Waals surface area contributed by atoms with Crippen LogP contribution in [0.2, 0.25) is 0 Å². The van der Waals surface area contributed by atoms with E-state index in [4.69, 9.17) is 0 Å². The zero-order chi connectivity index (χ0) is 17.2. The van der Waals surface area contributed by atoms with Crippen molar-refractivity contribution in [3.05, 3.63) is 12.3 Å². The second-order valence-electron chi connectivity index (χ2n) is 10.3. The summed E-state index contributed by atoms with van der Waals surface area (Å²) in [6.07, 6.45) is 13.2. The molecular formula is C22H35FO. The van der Waals surface area contributed by atoms with Crippen LogP contribution < -0.4 is 0 Å². The Bertz CT molecular complexity index is 530. The van der Waals surface area contributed by atoms with Crippen LogP contribution in [-0.2, 0) is 0 Å². The Hall–Kier alpha value is -0.530. The van der Waals surface area contributed by atoms with Gasteiger partial charge in [0.15, 0.2) is 0 Å². The minimum Gasteiger partial charge on any atom is -0.516 e. The number of aliphatic hydroxyl groups excluding tert-OH is 1. The molecule has 4 saturated carbocycles. The van der Waals surface area contributed by atoms with Crippen LogP contribution in [-0.4, -0.2) is 11.3 Å². The van der Waals surface area contributed by atoms with E-state index in [2.05, 4.69) is 26.8 Å². The summed E-state index contributed by atoms with van der Waals surface area (Å²) in [6, 6.07) is 0. The van der Waals surface area contributed by atoms with E-state index in [9.17, 15) is 9.50 Å². The highest BCUT2D eigenvalue weighted by Crippen LogP contribution is 2.70. The van der Waals surface area contributed by atoms with E-state index in [1.54, 1.807) is 0 Å². The van der Waals surface area contributed by atoms with Gasteiger partial charge in [0.1, 0.15) is 6.17 Å². The molecule has 0 saturated heterocycles. The van der Waals surface area contributed by atoms with Gasteiger partial charge in [-0.1, -0.05) is 20.8 Å². The van der Waals surface area contributed by atoms with Crippen LogP contribution in [0.25, 0.3) is 0 Å². The molecule has 0 aromatic carbocycles. The molecule has 8 atom stereocenters. The molecule has 1 N–H and O–H groups in total. The first-order chi connectivity index (χ1) is 11.3. The Morgan fingerprint density at radius 2 is 1.67 bits per heavy atom. The normalized spacial score (nSPS) is 57.4. The fourth-order valence-corrected chi connectivity index (χ4v) is 7.95. The van der Waals surface area contributed by atoms with Gasteiger partial charge in [0.05, 0.1) is 6.26 Å². The first-order valence-electron chi connectivity index (χ1n) is 10.3. The van der Waals surface area contributed by atoms with Gasteiger partial charge in [-0.15, -0.1) is 0 Å². The largest absolute Gasteiger partial charge is 0.516 e. The Morgan fingerprint density at radius 1 is 0.917 bits per heavy atom. The summed E-state index contributed by atoms with van der Waals surface area (Å²) >= 11 is 0. The van der Waals surface area contributed by atoms with Gasteiger partial charge in [-0.25, -0.2) is 4.39 Å². The van der Waals surface area contributed by atoms with Gasteiger partial charge in [0, 0.05) is 0 Å². The molecule has 136 valence electrons. The van der Waals surface area contributed by atoms with Crippen LogP contribution in [0.3, 0.4) is 0 Å². The van der Waals surface area contributed by atoms with E-state index in [1.165, 1.54) is 44.8 Å². The van der Waals surface area contributed by atoms with E-state index in [-0.39, 0.29) is 5.41 Å². The second-order valence-corrected chi connectivity index (χ2v) is 10.3. The first kappa shape index (κ1) is 16.9. The van der Waals surface area contributed by atoms with Crippen molar-refractivity contribution in [3.8, 4) is 0 Å². The lowest BCUT2D eigenvalue weighted by Gasteiger charge is -2.61. The fraction of sp³-hybridized carbons (Fsp3) is 0.909. The van der Waals surface area contributed by atoms with Gasteiger partial charge in [-0.05, 0) is 104 Å². The van der Waals surface area contributed by atoms with Crippen molar-refractivity contribution in [2.24, 2.45) is 39.9 Å². The quantitative estimate of drug-likeness (QED) is 0.547. The predicted molar refractivity (Wildman–Crippen MR) is 96.5 cm³/mol. The van der Waals surface area contributed by atoms with Crippen molar-refractivity contribution >= 4 is 0 Å². The Labute approximate surface area is 147 Å². The molecule has 2 heteroatoms. The third-order valence-corrected chi connectivity index (χ3v) is 9.71. The standard InChI is InChI=1S/C22H35FO/c1-20(12-13-24)9-7-19-17-5-4-15-14-16(23)6-10-21(15,2)18(17)8-11-22(19,20)3/h12-13,15-19,24H,4-11,14H2,1-3H3/t15?,16-,17+,18-,19-,20+,21-,22-/m0/s1. The summed E-state index contributed by atoms with van der Waals surface area (Å²) in [4.78, 5) is 0. The van der Waals surface area contributed by atoms with Crippen molar-refractivity contribution < 1.29 is 9.50 Å². The van der Waals surface area contributed by atoms with Crippen LogP contribution in [0.5, 0.6) is 0 Å². The molecule has 0 heterocycles. The molecule has 4 fully saturated rings. The minimum absolute atomic E-state index is 0.145. The summed E-state index contributed by atoms with van der Waals surface area (Å²) < 4.78 is 14.0. The van der Waals surface area contributed by atoms with Gasteiger partial charge < -0.3 is 5.11 Å². The van der Waals surface area contributed by atoms with Gasteiger partial charge in [-0.2, -0.15) is 0 Å². The monoisotopic (exact) mass is 334 g/mol. The first-order valence-corrected chi connectivity index (χ1v) is 10.3. The lowest BCUT2D eigenvalue weighted by atomic mass is 9.43. The summed E-state index contributed by atoms with van der Waals surface area (Å²) in [5.74, 6) is 3.05. The third kappa shape index (κ3) is 2.10. The van der Waals surface area contributed by atoms with E-state index < -0.39 is 6.17 Å². The van der Waals surface area contributed by atoms with E-state index >= 15 is 0 Å². The molecule has 4 aliphatic rings. The molecule has 0 aromatic heterocycles. The average Bonchev–Trinajstić information content (AvgIpc) is 2.80. The maximum absolute atomic E-state index is 14.0. The van der Waals surface area contributed by atoms with Gasteiger partial charge in [0.25, 0.3) is 0 Å². The molecule has 1 unspecified atom stereocenters. The van der Waals surface area contributed by atoms with Gasteiger partial charge in [-0.3, -0.25) is 0 Å². The van der Waals surface area contributed by atoms with Crippen molar-refractivity contribution in [1.29, 1.82) is 0 Å². The molecular weight excluding hydrogens is 299 g/mol. The number of halogens is 1. The lowest BCUT2D eigenvalue weighted by molar-refractivity contribution is -0.125. The van der Waals surface area contributed by atoms with E-state index in [0.29, 0.717) is 16.7 Å². The topological polar surface area (TPSA) is 20.2 Å². The smallest absolute Gasteiger partial charge is 0.100 e. The van der Waals surface area contributed by atoms with Crippen LogP contribution >= 0.6 is 0 Å². The molecule has 4 rings (SSSR count). The number of fused-ring (bicyclic) bond motifs is 5. The molecule has 0 aromatic rings. The van der Waals surface area contributed by atoms with Crippen molar-refractivity contribution in [1.82, 2.24) is 0 Å². The molecule has 1 nitrogen and oxygen atoms in total. The van der Waals surface area contributed by atoms with Crippen molar-refractivity contribution in [3.63, 3.8) is 0 Å². The molecule has 4 aliphatic carbocycles. The Kier molecular flexibility index (Phi) is 3.86. The number of hydrogen-bond donors (Lipinski definition) is 1. The number of allylic oxidation sites excluding steroid dienone is 1. The summed E-state index contributed by atoms with van der Waals surface area (Å²) in [7, 11) is 0. The fourth-order valence-electron chi connectivity index (χ4n) is 7.95. The Balaban J connectivity index is 1.63. The number of hydrogen-bond acceptors (Lipinski definition) is 1. The zero-order valence-electron chi connectivity index (χ0n) is 15.7. The molecule has 0 spiro atoms. The van der Waals surface area contributed by atoms with Crippen LogP contribution in [0.15, 0.2) is 12.3 Å². The van der Waals surface area contributed by atoms with Gasteiger partial charge >= 0.3 is 0 Å². The SMILES string of the molecule is C[C@]12CC[C@H](F)CC1CC[C@@H]1[C@@H]2CC[C@@]2(C)[C@H]1CC[C@]2(C)C=CO. The summed E-state index contributed by atoms with van der Waals surface area (Å²) in [6.45, 7) is 7.36. The van der Waals surface area contributed by atoms with E-state index in [0.717, 1.165) is 37.0 Å². The number of aliphatic hydroxyl groups is 1. The highest BCUT2D eigenvalue weighted by atomic mass is 19.1. The van der Waals surface area contributed by atoms with Crippen molar-refractivity contribution in [2.45, 2.75) is 84.7 Å². The van der Waals surface area contributed by atoms with Crippen LogP contribution in [0.1, 0.15) is 78.6 Å². The maximum Gasteiger partial charge on any atom is 0.100 e. The summed E-state index contributed by atoms with van der Waals surface area (Å²) in [5, 5.41) is 9.43. The highest BCUT2D eigenvalue weighted by Gasteiger charge is 2.62. The molecule has 0 radical (unpaired) electrons. The maximum atomic E-state index is 14.0. The third-order valence-electron chi connectivity index (χ3n) is 9.71. The van der Waals surface area contributed by atoms with Gasteiger partial charge in [0.2, 0.25) is 0 Å². The summed E-state index contributed by atoms with van der Waals surface area (Å²) in [5.41, 5.74) is 0.859. The predicted octanol–water partition coefficient (Wildman–Crippen LogP) is 6.45. The second kappa shape index (κ2) is 5.48. The number of rotatable bonds is 1. The molecule has 24 heavy (non-hydrogen) atoms. The molecule has 0 bridgehead atoms. The minimum atomic E-state index is -0.544. The highest BCUT2D eigenvalue weighted by molar-refractivity contribution is 5.16. The molecule has 0 amide bonds. The van der Waals surface area contributed by atoms with Crippen LogP contribution in [0, 0.1) is 39.9 Å². The lowest BCUT2D eigenvalue weighted by Crippen LogP contribution is -2.54. The zero-order valence-corrected chi connectivity index (χ0v) is 15.7. The Morgan fingerprint density at radius 3 is 2.42 bits per heavy atom. The van der Waals surface area contributed by atoms with E-state index in [1.807, 2.05) is 0 Å². The average molecular weight is 335 g/mol. The molecule has 0 aliphatic heterocycles. The van der Waals surface area contributed by atoms with Crippen molar-refractivity contribution in [2.75, 3.05) is 0 Å². The number of alkyl halides is 1. The van der Waals surface area contributed by atoms with Crippen LogP contribution in [0.4, 0.5) is 4.39 Å².